The van der Waals surface area contributed by atoms with Crippen LogP contribution >= 0.6 is 0 Å². The molecule has 0 saturated heterocycles. The third-order valence-corrected chi connectivity index (χ3v) is 2.05. The molecular weight excluding hydrogens is 182 g/mol. The van der Waals surface area contributed by atoms with Crippen molar-refractivity contribution in [2.24, 2.45) is 5.73 Å². The molecule has 14 heavy (non-hydrogen) atoms. The third-order valence-electron chi connectivity index (χ3n) is 2.05. The fourth-order valence-corrected chi connectivity index (χ4v) is 1.26. The molecule has 1 aliphatic heterocycles. The molecule has 2 N–H and O–H groups in total. The molecule has 5 heteroatoms. The molecule has 0 aromatic rings. The summed E-state index contributed by atoms with van der Waals surface area (Å²) in [6.45, 7) is 0.748. The number of carbonyl (C=O) groups is 2. The Labute approximate surface area is 83.1 Å². The van der Waals surface area contributed by atoms with E-state index in [1.54, 1.807) is 0 Å². The lowest BCUT2D eigenvalue weighted by Gasteiger charge is -2.23. The lowest BCUT2D eigenvalue weighted by atomic mass is 10.3. The van der Waals surface area contributed by atoms with E-state index in [2.05, 4.69) is 0 Å². The Morgan fingerprint density at radius 2 is 1.86 bits per heavy atom. The molecule has 0 aromatic carbocycles. The Bertz CT molecular complexity index is 255. The third kappa shape index (κ3) is 2.40. The molecule has 0 spiro atoms. The summed E-state index contributed by atoms with van der Waals surface area (Å²) in [6.07, 6.45) is 2.56. The highest BCUT2D eigenvalue weighted by Gasteiger charge is 2.28. The van der Waals surface area contributed by atoms with Crippen molar-refractivity contribution < 1.29 is 9.59 Å². The molecule has 0 bridgehead atoms. The van der Waals surface area contributed by atoms with Gasteiger partial charge in [0.1, 0.15) is 0 Å². The first kappa shape index (κ1) is 10.9. The Balaban J connectivity index is 2.48. The topological polar surface area (TPSA) is 66.6 Å². The normalized spacial score (nSPS) is 18.4. The zero-order valence-electron chi connectivity index (χ0n) is 8.43. The van der Waals surface area contributed by atoms with Crippen LogP contribution in [0.1, 0.15) is 6.42 Å². The SMILES string of the molecule is CN(C)CCC(N)N1C(=O)C=CC1=O. The number of amides is 2. The van der Waals surface area contributed by atoms with Crippen molar-refractivity contribution in [3.8, 4) is 0 Å². The van der Waals surface area contributed by atoms with Crippen LogP contribution in [0.5, 0.6) is 0 Å². The van der Waals surface area contributed by atoms with Crippen LogP contribution in [0.15, 0.2) is 12.2 Å². The maximum Gasteiger partial charge on any atom is 0.254 e. The second kappa shape index (κ2) is 4.34. The highest BCUT2D eigenvalue weighted by molar-refractivity contribution is 6.13. The van der Waals surface area contributed by atoms with E-state index in [-0.39, 0.29) is 11.8 Å². The molecule has 1 rings (SSSR count). The Morgan fingerprint density at radius 1 is 1.36 bits per heavy atom. The smallest absolute Gasteiger partial charge is 0.254 e. The van der Waals surface area contributed by atoms with E-state index in [9.17, 15) is 9.59 Å². The van der Waals surface area contributed by atoms with Crippen molar-refractivity contribution >= 4 is 11.8 Å². The lowest BCUT2D eigenvalue weighted by molar-refractivity contribution is -0.139. The van der Waals surface area contributed by atoms with E-state index >= 15 is 0 Å². The zero-order chi connectivity index (χ0) is 10.7. The summed E-state index contributed by atoms with van der Waals surface area (Å²) in [5.74, 6) is -0.637. The van der Waals surface area contributed by atoms with Gasteiger partial charge >= 0.3 is 0 Å². The number of nitrogens with zero attached hydrogens (tertiary/aromatic N) is 2. The van der Waals surface area contributed by atoms with Gasteiger partial charge < -0.3 is 10.6 Å². The lowest BCUT2D eigenvalue weighted by Crippen LogP contribution is -2.46. The van der Waals surface area contributed by atoms with Gasteiger partial charge in [0.25, 0.3) is 11.8 Å². The van der Waals surface area contributed by atoms with Crippen molar-refractivity contribution in [3.05, 3.63) is 12.2 Å². The van der Waals surface area contributed by atoms with Gasteiger partial charge in [-0.3, -0.25) is 14.5 Å². The number of rotatable bonds is 4. The number of carbonyl (C=O) groups excluding carboxylic acids is 2. The standard InChI is InChI=1S/C9H15N3O2/c1-11(2)6-5-7(10)12-8(13)3-4-9(12)14/h3-4,7H,5-6,10H2,1-2H3. The van der Waals surface area contributed by atoms with E-state index in [4.69, 9.17) is 5.73 Å². The molecule has 1 atom stereocenters. The molecule has 0 aromatic heterocycles. The highest BCUT2D eigenvalue weighted by Crippen LogP contribution is 2.08. The fraction of sp³-hybridized carbons (Fsp3) is 0.556. The maximum atomic E-state index is 11.2. The number of hydrogen-bond donors (Lipinski definition) is 1. The van der Waals surface area contributed by atoms with Gasteiger partial charge in [-0.25, -0.2) is 0 Å². The first-order valence-electron chi connectivity index (χ1n) is 4.48. The summed E-state index contributed by atoms with van der Waals surface area (Å²) >= 11 is 0. The molecule has 1 heterocycles. The van der Waals surface area contributed by atoms with Crippen LogP contribution in [0.4, 0.5) is 0 Å². The summed E-state index contributed by atoms with van der Waals surface area (Å²) < 4.78 is 0. The average molecular weight is 197 g/mol. The molecule has 0 aliphatic carbocycles. The average Bonchev–Trinajstić information content (AvgIpc) is 2.42. The highest BCUT2D eigenvalue weighted by atomic mass is 16.2. The zero-order valence-corrected chi connectivity index (χ0v) is 8.43. The van der Waals surface area contributed by atoms with Crippen LogP contribution in [-0.4, -0.2) is 48.4 Å². The van der Waals surface area contributed by atoms with Gasteiger partial charge in [0.2, 0.25) is 0 Å². The van der Waals surface area contributed by atoms with Gasteiger partial charge in [-0.2, -0.15) is 0 Å². The second-order valence-electron chi connectivity index (χ2n) is 3.54. The van der Waals surface area contributed by atoms with Crippen molar-refractivity contribution in [2.75, 3.05) is 20.6 Å². The molecule has 0 saturated carbocycles. The number of hydrogen-bond acceptors (Lipinski definition) is 4. The van der Waals surface area contributed by atoms with E-state index < -0.39 is 6.17 Å². The fourth-order valence-electron chi connectivity index (χ4n) is 1.26. The van der Waals surface area contributed by atoms with Crippen LogP contribution in [-0.2, 0) is 9.59 Å². The maximum absolute atomic E-state index is 11.2. The predicted molar refractivity (Wildman–Crippen MR) is 52.1 cm³/mol. The quantitative estimate of drug-likeness (QED) is 0.596. The first-order chi connectivity index (χ1) is 6.52. The number of nitrogens with two attached hydrogens (primary N) is 1. The van der Waals surface area contributed by atoms with Gasteiger partial charge in [0.05, 0.1) is 6.17 Å². The van der Waals surface area contributed by atoms with Crippen LogP contribution < -0.4 is 5.73 Å². The first-order valence-corrected chi connectivity index (χ1v) is 4.48. The Hall–Kier alpha value is -1.20. The van der Waals surface area contributed by atoms with Crippen LogP contribution in [0.25, 0.3) is 0 Å². The minimum atomic E-state index is -0.521. The van der Waals surface area contributed by atoms with Crippen molar-refractivity contribution in [1.29, 1.82) is 0 Å². The largest absolute Gasteiger partial charge is 0.311 e. The molecule has 2 amide bonds. The Kier molecular flexibility index (Phi) is 3.38. The molecule has 78 valence electrons. The van der Waals surface area contributed by atoms with Crippen molar-refractivity contribution in [2.45, 2.75) is 12.6 Å². The number of imide groups is 1. The van der Waals surface area contributed by atoms with Gasteiger partial charge in [-0.05, 0) is 20.5 Å². The van der Waals surface area contributed by atoms with E-state index in [1.807, 2.05) is 19.0 Å². The van der Waals surface area contributed by atoms with E-state index in [0.29, 0.717) is 6.42 Å². The molecular formula is C9H15N3O2. The minimum Gasteiger partial charge on any atom is -0.311 e. The minimum absolute atomic E-state index is 0.318. The molecule has 5 nitrogen and oxygen atoms in total. The Morgan fingerprint density at radius 3 is 2.29 bits per heavy atom. The summed E-state index contributed by atoms with van der Waals surface area (Å²) in [6, 6.07) is 0. The van der Waals surface area contributed by atoms with Gasteiger partial charge in [0, 0.05) is 18.7 Å². The van der Waals surface area contributed by atoms with Crippen molar-refractivity contribution in [1.82, 2.24) is 9.80 Å². The second-order valence-corrected chi connectivity index (χ2v) is 3.54. The van der Waals surface area contributed by atoms with Crippen LogP contribution in [0.3, 0.4) is 0 Å². The van der Waals surface area contributed by atoms with E-state index in [1.165, 1.54) is 12.2 Å². The van der Waals surface area contributed by atoms with Gasteiger partial charge in [-0.1, -0.05) is 0 Å². The van der Waals surface area contributed by atoms with Crippen LogP contribution in [0, 0.1) is 0 Å². The van der Waals surface area contributed by atoms with Gasteiger partial charge in [-0.15, -0.1) is 0 Å². The summed E-state index contributed by atoms with van der Waals surface area (Å²) in [4.78, 5) is 25.4. The molecule has 0 radical (unpaired) electrons. The molecule has 0 fully saturated rings. The van der Waals surface area contributed by atoms with Gasteiger partial charge in [0.15, 0.2) is 0 Å². The summed E-state index contributed by atoms with van der Waals surface area (Å²) in [7, 11) is 3.83. The molecule has 1 aliphatic rings. The summed E-state index contributed by atoms with van der Waals surface area (Å²) in [5, 5.41) is 0. The van der Waals surface area contributed by atoms with Crippen molar-refractivity contribution in [3.63, 3.8) is 0 Å². The monoisotopic (exact) mass is 197 g/mol. The predicted octanol–water partition coefficient (Wildman–Crippen LogP) is -0.852. The molecule has 1 unspecified atom stereocenters. The van der Waals surface area contributed by atoms with Crippen LogP contribution in [0.2, 0.25) is 0 Å². The summed E-state index contributed by atoms with van der Waals surface area (Å²) in [5.41, 5.74) is 5.73. The van der Waals surface area contributed by atoms with E-state index in [0.717, 1.165) is 11.4 Å².